The van der Waals surface area contributed by atoms with Crippen LogP contribution in [0.15, 0.2) is 52.9 Å². The zero-order valence-corrected chi connectivity index (χ0v) is 19.2. The van der Waals surface area contributed by atoms with E-state index < -0.39 is 5.97 Å². The van der Waals surface area contributed by atoms with Gasteiger partial charge in [0.15, 0.2) is 0 Å². The van der Waals surface area contributed by atoms with E-state index in [1.807, 2.05) is 50.2 Å². The van der Waals surface area contributed by atoms with Gasteiger partial charge in [-0.2, -0.15) is 0 Å². The van der Waals surface area contributed by atoms with Crippen LogP contribution in [0.3, 0.4) is 0 Å². The molecule has 0 radical (unpaired) electrons. The smallest absolute Gasteiger partial charge is 0.307 e. The summed E-state index contributed by atoms with van der Waals surface area (Å²) in [4.78, 5) is 16.4. The lowest BCUT2D eigenvalue weighted by Gasteiger charge is -2.22. The Kier molecular flexibility index (Phi) is 6.09. The number of nitrogens with zero attached hydrogens (tertiary/aromatic N) is 1. The quantitative estimate of drug-likeness (QED) is 0.461. The van der Waals surface area contributed by atoms with Crippen LogP contribution in [0.25, 0.3) is 11.5 Å². The van der Waals surface area contributed by atoms with Crippen LogP contribution >= 0.6 is 0 Å². The third kappa shape index (κ3) is 4.29. The lowest BCUT2D eigenvalue weighted by Crippen LogP contribution is -2.21. The van der Waals surface area contributed by atoms with Crippen molar-refractivity contribution in [3.05, 3.63) is 71.1 Å². The number of aromatic nitrogens is 1. The second kappa shape index (κ2) is 8.81. The number of benzene rings is 2. The molecule has 168 valence electrons. The number of aliphatic carboxylic acids is 1. The average molecular weight is 434 g/mol. The van der Waals surface area contributed by atoms with Crippen molar-refractivity contribution in [1.82, 2.24) is 4.98 Å². The van der Waals surface area contributed by atoms with Crippen molar-refractivity contribution in [2.24, 2.45) is 5.92 Å². The third-order valence-electron chi connectivity index (χ3n) is 6.65. The van der Waals surface area contributed by atoms with Crippen LogP contribution in [0.2, 0.25) is 0 Å². The van der Waals surface area contributed by atoms with E-state index in [0.717, 1.165) is 34.8 Å². The Bertz CT molecular complexity index is 1100. The first kappa shape index (κ1) is 22.1. The molecule has 1 N–H and O–H groups in total. The van der Waals surface area contributed by atoms with E-state index in [9.17, 15) is 9.90 Å². The average Bonchev–Trinajstić information content (AvgIpc) is 3.26. The Hall–Kier alpha value is -3.08. The molecule has 5 heteroatoms. The molecule has 32 heavy (non-hydrogen) atoms. The lowest BCUT2D eigenvalue weighted by molar-refractivity contribution is -0.142. The van der Waals surface area contributed by atoms with Crippen molar-refractivity contribution in [3.63, 3.8) is 0 Å². The molecule has 0 amide bonds. The van der Waals surface area contributed by atoms with Crippen LogP contribution in [-0.2, 0) is 16.6 Å². The molecule has 2 aromatic carbocycles. The summed E-state index contributed by atoms with van der Waals surface area (Å²) in [5.74, 6) is 1.24. The number of carboxylic acids is 1. The standard InChI is InChI=1S/C27H31NO4/c1-5-20(26(29)30)22-16-27(3,4)23-15-19(11-12-21(22)23)31-14-13-24-17(2)32-25(28-24)18-9-7-6-8-10-18/h6-12,15,20,22H,5,13-14,16H2,1-4H3,(H,29,30)/t20-,22-/m0/s1. The molecule has 0 aliphatic heterocycles. The Morgan fingerprint density at radius 1 is 1.25 bits per heavy atom. The first-order valence-corrected chi connectivity index (χ1v) is 11.3. The molecule has 0 unspecified atom stereocenters. The Morgan fingerprint density at radius 2 is 2.00 bits per heavy atom. The molecule has 4 rings (SSSR count). The lowest BCUT2D eigenvalue weighted by atomic mass is 9.82. The molecule has 1 heterocycles. The minimum atomic E-state index is -0.709. The Labute approximate surface area is 189 Å². The molecule has 0 bridgehead atoms. The number of oxazole rings is 1. The van der Waals surface area contributed by atoms with Gasteiger partial charge < -0.3 is 14.3 Å². The van der Waals surface area contributed by atoms with Gasteiger partial charge in [-0.3, -0.25) is 4.79 Å². The van der Waals surface area contributed by atoms with Crippen LogP contribution in [-0.4, -0.2) is 22.7 Å². The fourth-order valence-electron chi connectivity index (χ4n) is 4.92. The van der Waals surface area contributed by atoms with Gasteiger partial charge in [-0.15, -0.1) is 0 Å². The van der Waals surface area contributed by atoms with Gasteiger partial charge in [0.2, 0.25) is 5.89 Å². The summed E-state index contributed by atoms with van der Waals surface area (Å²) in [6.07, 6.45) is 2.13. The maximum absolute atomic E-state index is 11.8. The number of carbonyl (C=O) groups is 1. The van der Waals surface area contributed by atoms with Gasteiger partial charge in [-0.25, -0.2) is 4.98 Å². The van der Waals surface area contributed by atoms with Gasteiger partial charge >= 0.3 is 5.97 Å². The minimum Gasteiger partial charge on any atom is -0.493 e. The summed E-state index contributed by atoms with van der Waals surface area (Å²) in [6, 6.07) is 16.0. The van der Waals surface area contributed by atoms with Crippen LogP contribution in [0.4, 0.5) is 0 Å². The van der Waals surface area contributed by atoms with Gasteiger partial charge in [-0.1, -0.05) is 45.0 Å². The van der Waals surface area contributed by atoms with Gasteiger partial charge in [0.1, 0.15) is 11.5 Å². The highest BCUT2D eigenvalue weighted by atomic mass is 16.5. The molecule has 0 spiro atoms. The molecule has 5 nitrogen and oxygen atoms in total. The van der Waals surface area contributed by atoms with E-state index in [4.69, 9.17) is 9.15 Å². The molecule has 1 aliphatic carbocycles. The first-order valence-electron chi connectivity index (χ1n) is 11.3. The summed E-state index contributed by atoms with van der Waals surface area (Å²) in [5, 5.41) is 9.67. The SMILES string of the molecule is CC[C@H](C(=O)O)[C@@H]1CC(C)(C)c2cc(OCCc3nc(-c4ccccc4)oc3C)ccc21. The molecule has 1 aromatic heterocycles. The molecule has 2 atom stereocenters. The van der Waals surface area contributed by atoms with Gasteiger partial charge in [0.25, 0.3) is 0 Å². The van der Waals surface area contributed by atoms with Gasteiger partial charge in [-0.05, 0) is 66.5 Å². The number of ether oxygens (including phenoxy) is 1. The van der Waals surface area contributed by atoms with E-state index in [2.05, 4.69) is 31.0 Å². The highest BCUT2D eigenvalue weighted by molar-refractivity contribution is 5.72. The molecule has 3 aromatic rings. The van der Waals surface area contributed by atoms with Gasteiger partial charge in [0, 0.05) is 12.0 Å². The van der Waals surface area contributed by atoms with E-state index in [0.29, 0.717) is 25.3 Å². The molecular weight excluding hydrogens is 402 g/mol. The normalized spacial score (nSPS) is 17.7. The van der Waals surface area contributed by atoms with E-state index in [1.54, 1.807) is 0 Å². The molecular formula is C27H31NO4. The zero-order valence-electron chi connectivity index (χ0n) is 19.2. The largest absolute Gasteiger partial charge is 0.493 e. The second-order valence-corrected chi connectivity index (χ2v) is 9.28. The van der Waals surface area contributed by atoms with Crippen molar-refractivity contribution in [1.29, 1.82) is 0 Å². The number of carboxylic acid groups (broad SMARTS) is 1. The second-order valence-electron chi connectivity index (χ2n) is 9.28. The van der Waals surface area contributed by atoms with Gasteiger partial charge in [0.05, 0.1) is 18.2 Å². The number of rotatable bonds is 8. The summed E-state index contributed by atoms with van der Waals surface area (Å²) in [6.45, 7) is 8.76. The highest BCUT2D eigenvalue weighted by Crippen LogP contribution is 2.50. The van der Waals surface area contributed by atoms with Crippen LogP contribution < -0.4 is 4.74 Å². The maximum atomic E-state index is 11.8. The molecule has 1 aliphatic rings. The summed E-state index contributed by atoms with van der Waals surface area (Å²) >= 11 is 0. The number of hydrogen-bond acceptors (Lipinski definition) is 4. The van der Waals surface area contributed by atoms with E-state index in [-0.39, 0.29) is 17.3 Å². The summed E-state index contributed by atoms with van der Waals surface area (Å²) in [5.41, 5.74) is 4.14. The van der Waals surface area contributed by atoms with Crippen LogP contribution in [0.1, 0.15) is 62.1 Å². The third-order valence-corrected chi connectivity index (χ3v) is 6.65. The predicted molar refractivity (Wildman–Crippen MR) is 124 cm³/mol. The fraction of sp³-hybridized carbons (Fsp3) is 0.407. The monoisotopic (exact) mass is 433 g/mol. The number of aryl methyl sites for hydroxylation is 1. The van der Waals surface area contributed by atoms with E-state index >= 15 is 0 Å². The summed E-state index contributed by atoms with van der Waals surface area (Å²) in [7, 11) is 0. The summed E-state index contributed by atoms with van der Waals surface area (Å²) < 4.78 is 11.9. The van der Waals surface area contributed by atoms with Crippen molar-refractivity contribution < 1.29 is 19.1 Å². The molecule has 0 fully saturated rings. The maximum Gasteiger partial charge on any atom is 0.307 e. The zero-order chi connectivity index (χ0) is 22.9. The molecule has 0 saturated heterocycles. The van der Waals surface area contributed by atoms with Crippen molar-refractivity contribution >= 4 is 5.97 Å². The highest BCUT2D eigenvalue weighted by Gasteiger charge is 2.42. The number of hydrogen-bond donors (Lipinski definition) is 1. The van der Waals surface area contributed by atoms with Crippen molar-refractivity contribution in [2.45, 2.75) is 58.3 Å². The topological polar surface area (TPSA) is 72.6 Å². The molecule has 0 saturated carbocycles. The Morgan fingerprint density at radius 3 is 2.69 bits per heavy atom. The number of fused-ring (bicyclic) bond motifs is 1. The van der Waals surface area contributed by atoms with E-state index in [1.165, 1.54) is 5.56 Å². The first-order chi connectivity index (χ1) is 15.3. The predicted octanol–water partition coefficient (Wildman–Crippen LogP) is 6.15. The fourth-order valence-corrected chi connectivity index (χ4v) is 4.92. The van der Waals surface area contributed by atoms with Crippen molar-refractivity contribution in [3.8, 4) is 17.2 Å². The Balaban J connectivity index is 1.46. The van der Waals surface area contributed by atoms with Crippen LogP contribution in [0, 0.1) is 12.8 Å². The minimum absolute atomic E-state index is 0.0470. The van der Waals surface area contributed by atoms with Crippen LogP contribution in [0.5, 0.6) is 5.75 Å². The van der Waals surface area contributed by atoms with Crippen molar-refractivity contribution in [2.75, 3.05) is 6.61 Å².